The van der Waals surface area contributed by atoms with Crippen LogP contribution >= 0.6 is 12.2 Å². The molecule has 4 nitrogen and oxygen atoms in total. The molecule has 1 unspecified atom stereocenters. The first-order valence-corrected chi connectivity index (χ1v) is 10.5. The number of ether oxygens (including phenoxy) is 1. The van der Waals surface area contributed by atoms with Crippen LogP contribution in [0.2, 0.25) is 0 Å². The highest BCUT2D eigenvalue weighted by atomic mass is 32.1. The van der Waals surface area contributed by atoms with Gasteiger partial charge in [-0.1, -0.05) is 45.9 Å². The Morgan fingerprint density at radius 2 is 1.90 bits per heavy atom. The van der Waals surface area contributed by atoms with Crippen LogP contribution in [-0.2, 0) is 20.5 Å². The molecule has 0 N–H and O–H groups in total. The second kappa shape index (κ2) is 9.45. The molecule has 0 radical (unpaired) electrons. The van der Waals surface area contributed by atoms with Crippen LogP contribution in [0, 0.1) is 5.41 Å². The number of rotatable bonds is 7. The Morgan fingerprint density at radius 1 is 1.23 bits per heavy atom. The van der Waals surface area contributed by atoms with Crippen molar-refractivity contribution >= 4 is 29.0 Å². The third kappa shape index (κ3) is 5.20. The van der Waals surface area contributed by atoms with Crippen molar-refractivity contribution in [2.24, 2.45) is 5.41 Å². The summed E-state index contributed by atoms with van der Waals surface area (Å²) in [5.74, 6) is -1.67. The summed E-state index contributed by atoms with van der Waals surface area (Å²) in [7, 11) is 0. The molecule has 2 atom stereocenters. The molecule has 1 aliphatic heterocycles. The molecular weight excluding hydrogens is 415 g/mol. The highest BCUT2D eigenvalue weighted by Crippen LogP contribution is 2.38. The van der Waals surface area contributed by atoms with Crippen molar-refractivity contribution < 1.29 is 27.5 Å². The first kappa shape index (κ1) is 24.3. The lowest BCUT2D eigenvalue weighted by molar-refractivity contribution is -0.149. The minimum atomic E-state index is -4.47. The van der Waals surface area contributed by atoms with Gasteiger partial charge < -0.3 is 9.64 Å². The lowest BCUT2D eigenvalue weighted by Crippen LogP contribution is -2.48. The van der Waals surface area contributed by atoms with E-state index in [0.717, 1.165) is 12.1 Å². The molecule has 0 aromatic heterocycles. The van der Waals surface area contributed by atoms with Crippen LogP contribution < -0.4 is 0 Å². The molecule has 1 aromatic rings. The topological polar surface area (TPSA) is 46.6 Å². The number of carbonyl (C=O) groups is 2. The van der Waals surface area contributed by atoms with E-state index in [0.29, 0.717) is 31.4 Å². The molecule has 0 spiro atoms. The van der Waals surface area contributed by atoms with Crippen LogP contribution in [0.15, 0.2) is 24.3 Å². The number of Topliss-reactive ketones (excluding diaryl/α,β-unsaturated/α-hetero) is 1. The van der Waals surface area contributed by atoms with Crippen molar-refractivity contribution in [3.63, 3.8) is 0 Å². The lowest BCUT2D eigenvalue weighted by Gasteiger charge is -2.31. The van der Waals surface area contributed by atoms with Crippen LogP contribution in [0.3, 0.4) is 0 Å². The predicted molar refractivity (Wildman–Crippen MR) is 112 cm³/mol. The fourth-order valence-corrected chi connectivity index (χ4v) is 3.85. The summed E-state index contributed by atoms with van der Waals surface area (Å²) in [5.41, 5.74) is -1.16. The van der Waals surface area contributed by atoms with Crippen molar-refractivity contribution in [3.05, 3.63) is 35.4 Å². The van der Waals surface area contributed by atoms with Gasteiger partial charge in [0.05, 0.1) is 12.2 Å². The van der Waals surface area contributed by atoms with Gasteiger partial charge in [-0.15, -0.1) is 0 Å². The van der Waals surface area contributed by atoms with E-state index < -0.39 is 40.8 Å². The van der Waals surface area contributed by atoms with Crippen molar-refractivity contribution in [1.82, 2.24) is 4.90 Å². The van der Waals surface area contributed by atoms with E-state index in [1.165, 1.54) is 11.0 Å². The number of amides is 1. The summed E-state index contributed by atoms with van der Waals surface area (Å²) in [6, 6.07) is 4.28. The van der Waals surface area contributed by atoms with Crippen molar-refractivity contribution in [3.8, 4) is 0 Å². The van der Waals surface area contributed by atoms with Crippen LogP contribution in [0.25, 0.3) is 0 Å². The average molecular weight is 444 g/mol. The number of ketones is 1. The molecular formula is C22H28F3NO3S. The monoisotopic (exact) mass is 443 g/mol. The Balaban J connectivity index is 2.41. The van der Waals surface area contributed by atoms with Crippen molar-refractivity contribution in [2.75, 3.05) is 13.2 Å². The van der Waals surface area contributed by atoms with Gasteiger partial charge in [0.25, 0.3) is 5.91 Å². The Hall–Kier alpha value is -1.96. The smallest absolute Gasteiger partial charge is 0.416 e. The van der Waals surface area contributed by atoms with Crippen molar-refractivity contribution in [1.29, 1.82) is 0 Å². The molecule has 1 amide bonds. The van der Waals surface area contributed by atoms with E-state index in [1.807, 2.05) is 13.8 Å². The van der Waals surface area contributed by atoms with E-state index >= 15 is 0 Å². The minimum absolute atomic E-state index is 0.132. The van der Waals surface area contributed by atoms with E-state index in [2.05, 4.69) is 0 Å². The minimum Gasteiger partial charge on any atom is -0.485 e. The number of likely N-dealkylation sites (tertiary alicyclic amines) is 1. The number of carbonyl (C=O) groups excluding carboxylic acids is 2. The second-order valence-electron chi connectivity index (χ2n) is 8.20. The SMILES string of the molecule is CCCOC(=S)[C@@H]1C(c2cccc(C(F)(F)F)c2)CCN1C(=O)C(=O)C(C)(C)CC. The van der Waals surface area contributed by atoms with Gasteiger partial charge in [0.1, 0.15) is 6.04 Å². The Morgan fingerprint density at radius 3 is 2.47 bits per heavy atom. The first-order valence-electron chi connectivity index (χ1n) is 10.1. The van der Waals surface area contributed by atoms with Gasteiger partial charge in [-0.25, -0.2) is 0 Å². The molecule has 1 saturated heterocycles. The number of benzene rings is 1. The predicted octanol–water partition coefficient (Wildman–Crippen LogP) is 5.15. The zero-order chi connectivity index (χ0) is 22.7. The number of halogens is 3. The summed E-state index contributed by atoms with van der Waals surface area (Å²) < 4.78 is 45.2. The molecule has 0 aliphatic carbocycles. The highest BCUT2D eigenvalue weighted by Gasteiger charge is 2.46. The third-order valence-corrected chi connectivity index (χ3v) is 6.04. The molecule has 2 rings (SSSR count). The van der Waals surface area contributed by atoms with Gasteiger partial charge in [0, 0.05) is 17.9 Å². The number of thiocarbonyl (C=S) groups is 1. The molecule has 1 heterocycles. The summed E-state index contributed by atoms with van der Waals surface area (Å²) >= 11 is 5.42. The van der Waals surface area contributed by atoms with Crippen LogP contribution in [0.4, 0.5) is 13.2 Å². The van der Waals surface area contributed by atoms with Crippen LogP contribution in [0.5, 0.6) is 0 Å². The van der Waals surface area contributed by atoms with Crippen LogP contribution in [0.1, 0.15) is 64.0 Å². The van der Waals surface area contributed by atoms with Gasteiger partial charge in [-0.3, -0.25) is 9.59 Å². The maximum Gasteiger partial charge on any atom is 0.416 e. The fourth-order valence-electron chi connectivity index (χ4n) is 3.47. The standard InChI is InChI=1S/C22H28F3NO3S/c1-5-12-29-20(30)17-16(14-8-7-9-15(13-14)22(23,24)25)10-11-26(17)19(28)18(27)21(3,4)6-2/h7-9,13,16-17H,5-6,10-12H2,1-4H3/t16?,17-/m0/s1. The third-order valence-electron chi connectivity index (χ3n) is 5.68. The molecule has 1 aliphatic rings. The lowest BCUT2D eigenvalue weighted by atomic mass is 9.84. The summed E-state index contributed by atoms with van der Waals surface area (Å²) in [6.07, 6.45) is -2.89. The van der Waals surface area contributed by atoms with E-state index in [4.69, 9.17) is 17.0 Å². The van der Waals surface area contributed by atoms with Crippen molar-refractivity contribution in [2.45, 2.75) is 65.1 Å². The van der Waals surface area contributed by atoms with E-state index in [9.17, 15) is 22.8 Å². The Kier molecular flexibility index (Phi) is 7.66. The first-order chi connectivity index (χ1) is 13.9. The number of alkyl halides is 3. The molecule has 0 bridgehead atoms. The molecule has 1 aromatic carbocycles. The van der Waals surface area contributed by atoms with Crippen LogP contribution in [-0.4, -0.2) is 40.8 Å². The summed E-state index contributed by atoms with van der Waals surface area (Å²) in [4.78, 5) is 27.2. The summed E-state index contributed by atoms with van der Waals surface area (Å²) in [5, 5.41) is 0.132. The molecule has 166 valence electrons. The zero-order valence-corrected chi connectivity index (χ0v) is 18.5. The van der Waals surface area contributed by atoms with Gasteiger partial charge in [-0.05, 0) is 43.1 Å². The van der Waals surface area contributed by atoms with Gasteiger partial charge in [0.15, 0.2) is 5.05 Å². The average Bonchev–Trinajstić information content (AvgIpc) is 3.15. The Labute approximate surface area is 180 Å². The van der Waals surface area contributed by atoms with Gasteiger partial charge in [0.2, 0.25) is 5.78 Å². The van der Waals surface area contributed by atoms with E-state index in [1.54, 1.807) is 19.9 Å². The van der Waals surface area contributed by atoms with E-state index in [-0.39, 0.29) is 11.6 Å². The maximum atomic E-state index is 13.2. The molecule has 0 saturated carbocycles. The molecule has 30 heavy (non-hydrogen) atoms. The maximum absolute atomic E-state index is 13.2. The summed E-state index contributed by atoms with van der Waals surface area (Å²) in [6.45, 7) is 7.69. The van der Waals surface area contributed by atoms with Gasteiger partial charge in [-0.2, -0.15) is 13.2 Å². The number of hydrogen-bond donors (Lipinski definition) is 0. The molecule has 1 fully saturated rings. The largest absolute Gasteiger partial charge is 0.485 e. The quantitative estimate of drug-likeness (QED) is 0.432. The zero-order valence-electron chi connectivity index (χ0n) is 17.7. The molecule has 8 heteroatoms. The fraction of sp³-hybridized carbons (Fsp3) is 0.591. The second-order valence-corrected chi connectivity index (χ2v) is 8.60. The number of nitrogens with zero attached hydrogens (tertiary/aromatic N) is 1. The Bertz CT molecular complexity index is 807. The normalized spacial score (nSPS) is 19.6. The number of hydrogen-bond acceptors (Lipinski definition) is 4. The van der Waals surface area contributed by atoms with Gasteiger partial charge >= 0.3 is 6.18 Å². The highest BCUT2D eigenvalue weighted by molar-refractivity contribution is 7.80.